The Hall–Kier alpha value is -1.98. The normalized spacial score (nSPS) is 12.2. The summed E-state index contributed by atoms with van der Waals surface area (Å²) in [5, 5.41) is 11.5. The first-order chi connectivity index (χ1) is 9.79. The number of benzene rings is 1. The van der Waals surface area contributed by atoms with Crippen LogP contribution in [0, 0.1) is 17.6 Å². The van der Waals surface area contributed by atoms with Gasteiger partial charge in [0.05, 0.1) is 0 Å². The summed E-state index contributed by atoms with van der Waals surface area (Å²) in [7, 11) is 0. The molecule has 0 aliphatic heterocycles. The van der Waals surface area contributed by atoms with Gasteiger partial charge in [0.2, 0.25) is 5.91 Å². The van der Waals surface area contributed by atoms with Gasteiger partial charge in [-0.05, 0) is 36.5 Å². The van der Waals surface area contributed by atoms with Crippen LogP contribution >= 0.6 is 0 Å². The Kier molecular flexibility index (Phi) is 6.27. The summed E-state index contributed by atoms with van der Waals surface area (Å²) in [5.41, 5.74) is 0.486. The van der Waals surface area contributed by atoms with Crippen molar-refractivity contribution in [1.29, 1.82) is 0 Å². The van der Waals surface area contributed by atoms with Gasteiger partial charge in [-0.2, -0.15) is 0 Å². The minimum Gasteiger partial charge on any atom is -0.480 e. The lowest BCUT2D eigenvalue weighted by Crippen LogP contribution is -2.41. The van der Waals surface area contributed by atoms with Crippen molar-refractivity contribution in [3.8, 4) is 0 Å². The molecule has 1 rings (SSSR count). The molecule has 1 atom stereocenters. The molecule has 1 amide bonds. The Morgan fingerprint density at radius 2 is 1.90 bits per heavy atom. The van der Waals surface area contributed by atoms with Gasteiger partial charge in [-0.3, -0.25) is 4.79 Å². The third-order valence-electron chi connectivity index (χ3n) is 2.97. The first-order valence-electron chi connectivity index (χ1n) is 6.75. The molecule has 0 saturated heterocycles. The number of nitrogens with one attached hydrogen (secondary N) is 1. The second-order valence-electron chi connectivity index (χ2n) is 5.34. The Morgan fingerprint density at radius 3 is 2.43 bits per heavy atom. The van der Waals surface area contributed by atoms with E-state index in [2.05, 4.69) is 5.32 Å². The molecule has 0 unspecified atom stereocenters. The Morgan fingerprint density at radius 1 is 1.24 bits per heavy atom. The van der Waals surface area contributed by atoms with E-state index >= 15 is 0 Å². The van der Waals surface area contributed by atoms with Crippen LogP contribution in [-0.2, 0) is 16.0 Å². The van der Waals surface area contributed by atoms with Crippen molar-refractivity contribution in [2.24, 2.45) is 5.92 Å². The summed E-state index contributed by atoms with van der Waals surface area (Å²) >= 11 is 0. The quantitative estimate of drug-likeness (QED) is 0.813. The minimum absolute atomic E-state index is 0.0208. The van der Waals surface area contributed by atoms with Gasteiger partial charge in [0, 0.05) is 6.42 Å². The highest BCUT2D eigenvalue weighted by atomic mass is 19.2. The van der Waals surface area contributed by atoms with Crippen molar-refractivity contribution < 1.29 is 23.5 Å². The minimum atomic E-state index is -1.08. The van der Waals surface area contributed by atoms with E-state index < -0.39 is 29.6 Å². The van der Waals surface area contributed by atoms with Gasteiger partial charge in [0.25, 0.3) is 0 Å². The number of rotatable bonds is 7. The average Bonchev–Trinajstić information content (AvgIpc) is 2.38. The molecule has 6 heteroatoms. The predicted molar refractivity (Wildman–Crippen MR) is 73.7 cm³/mol. The molecule has 0 saturated carbocycles. The molecule has 0 aliphatic rings. The van der Waals surface area contributed by atoms with Gasteiger partial charge in [0.15, 0.2) is 11.6 Å². The average molecular weight is 299 g/mol. The van der Waals surface area contributed by atoms with Crippen LogP contribution < -0.4 is 5.32 Å². The van der Waals surface area contributed by atoms with E-state index in [0.29, 0.717) is 12.0 Å². The summed E-state index contributed by atoms with van der Waals surface area (Å²) in [5.74, 6) is -3.27. The van der Waals surface area contributed by atoms with Crippen LogP contribution in [0.3, 0.4) is 0 Å². The maximum absolute atomic E-state index is 13.0. The number of halogens is 2. The zero-order chi connectivity index (χ0) is 16.0. The van der Waals surface area contributed by atoms with Crippen LogP contribution in [0.15, 0.2) is 18.2 Å². The topological polar surface area (TPSA) is 66.4 Å². The fraction of sp³-hybridized carbons (Fsp3) is 0.467. The van der Waals surface area contributed by atoms with Crippen molar-refractivity contribution in [2.45, 2.75) is 39.2 Å². The van der Waals surface area contributed by atoms with E-state index in [1.807, 2.05) is 13.8 Å². The van der Waals surface area contributed by atoms with Crippen molar-refractivity contribution in [3.63, 3.8) is 0 Å². The van der Waals surface area contributed by atoms with Crippen LogP contribution in [0.2, 0.25) is 0 Å². The maximum atomic E-state index is 13.0. The number of carbonyl (C=O) groups excluding carboxylic acids is 1. The largest absolute Gasteiger partial charge is 0.480 e. The highest BCUT2D eigenvalue weighted by Gasteiger charge is 2.20. The van der Waals surface area contributed by atoms with Crippen LogP contribution in [0.5, 0.6) is 0 Å². The highest BCUT2D eigenvalue weighted by Crippen LogP contribution is 2.11. The van der Waals surface area contributed by atoms with Crippen LogP contribution in [0.25, 0.3) is 0 Å². The highest BCUT2D eigenvalue weighted by molar-refractivity contribution is 5.83. The molecule has 0 radical (unpaired) electrons. The number of amides is 1. The lowest BCUT2D eigenvalue weighted by molar-refractivity contribution is -0.142. The number of aliphatic carboxylic acids is 1. The van der Waals surface area contributed by atoms with Gasteiger partial charge in [0.1, 0.15) is 6.04 Å². The number of carbonyl (C=O) groups is 2. The predicted octanol–water partition coefficient (Wildman–Crippen LogP) is 2.51. The molecule has 1 aromatic carbocycles. The molecular weight excluding hydrogens is 280 g/mol. The summed E-state index contributed by atoms with van der Waals surface area (Å²) in [4.78, 5) is 22.7. The van der Waals surface area contributed by atoms with Gasteiger partial charge in [-0.25, -0.2) is 13.6 Å². The van der Waals surface area contributed by atoms with E-state index in [4.69, 9.17) is 5.11 Å². The molecule has 0 heterocycles. The van der Waals surface area contributed by atoms with Crippen LogP contribution in [0.1, 0.15) is 32.3 Å². The fourth-order valence-corrected chi connectivity index (χ4v) is 1.91. The monoisotopic (exact) mass is 299 g/mol. The standard InChI is InChI=1S/C15H19F2NO3/c1-9(2)7-13(15(20)21)18-14(19)6-4-10-3-5-11(16)12(17)8-10/h3,5,8-9,13H,4,6-7H2,1-2H3,(H,18,19)(H,20,21)/t13-/m1/s1. The summed E-state index contributed by atoms with van der Waals surface area (Å²) in [6.07, 6.45) is 0.580. The molecule has 4 nitrogen and oxygen atoms in total. The first-order valence-corrected chi connectivity index (χ1v) is 6.75. The summed E-state index contributed by atoms with van der Waals surface area (Å²) < 4.78 is 25.8. The Bertz CT molecular complexity index is 518. The molecule has 0 spiro atoms. The molecular formula is C15H19F2NO3. The lowest BCUT2D eigenvalue weighted by atomic mass is 10.0. The van der Waals surface area contributed by atoms with Gasteiger partial charge >= 0.3 is 5.97 Å². The number of aryl methyl sites for hydroxylation is 1. The molecule has 2 N–H and O–H groups in total. The van der Waals surface area contributed by atoms with Gasteiger partial charge < -0.3 is 10.4 Å². The van der Waals surface area contributed by atoms with E-state index in [-0.39, 0.29) is 18.8 Å². The molecule has 1 aromatic rings. The smallest absolute Gasteiger partial charge is 0.326 e. The maximum Gasteiger partial charge on any atom is 0.326 e. The Labute approximate surface area is 122 Å². The number of hydrogen-bond donors (Lipinski definition) is 2. The third kappa shape index (κ3) is 5.89. The lowest BCUT2D eigenvalue weighted by Gasteiger charge is -2.16. The SMILES string of the molecule is CC(C)C[C@@H](NC(=O)CCc1ccc(F)c(F)c1)C(=O)O. The molecule has 0 aromatic heterocycles. The van der Waals surface area contributed by atoms with Crippen molar-refractivity contribution in [3.05, 3.63) is 35.4 Å². The van der Waals surface area contributed by atoms with Crippen molar-refractivity contribution in [1.82, 2.24) is 5.32 Å². The second-order valence-corrected chi connectivity index (χ2v) is 5.34. The molecule has 0 fully saturated rings. The van der Waals surface area contributed by atoms with Gasteiger partial charge in [-0.1, -0.05) is 19.9 Å². The summed E-state index contributed by atoms with van der Waals surface area (Å²) in [6, 6.07) is 2.50. The summed E-state index contributed by atoms with van der Waals surface area (Å²) in [6.45, 7) is 3.73. The molecule has 21 heavy (non-hydrogen) atoms. The van der Waals surface area contributed by atoms with Crippen molar-refractivity contribution in [2.75, 3.05) is 0 Å². The zero-order valence-corrected chi connectivity index (χ0v) is 12.0. The fourth-order valence-electron chi connectivity index (χ4n) is 1.91. The van der Waals surface area contributed by atoms with Crippen molar-refractivity contribution >= 4 is 11.9 Å². The number of hydrogen-bond acceptors (Lipinski definition) is 2. The second kappa shape index (κ2) is 7.71. The third-order valence-corrected chi connectivity index (χ3v) is 2.97. The number of carboxylic acid groups (broad SMARTS) is 1. The zero-order valence-electron chi connectivity index (χ0n) is 12.0. The Balaban J connectivity index is 2.52. The van der Waals surface area contributed by atoms with E-state index in [9.17, 15) is 18.4 Å². The van der Waals surface area contributed by atoms with E-state index in [0.717, 1.165) is 12.1 Å². The van der Waals surface area contributed by atoms with Crippen LogP contribution in [0.4, 0.5) is 8.78 Å². The van der Waals surface area contributed by atoms with Gasteiger partial charge in [-0.15, -0.1) is 0 Å². The number of carboxylic acids is 1. The first kappa shape index (κ1) is 17.1. The van der Waals surface area contributed by atoms with Crippen LogP contribution in [-0.4, -0.2) is 23.0 Å². The molecule has 116 valence electrons. The molecule has 0 bridgehead atoms. The van der Waals surface area contributed by atoms with E-state index in [1.165, 1.54) is 6.07 Å². The molecule has 0 aliphatic carbocycles. The van der Waals surface area contributed by atoms with E-state index in [1.54, 1.807) is 0 Å².